The van der Waals surface area contributed by atoms with E-state index in [1.54, 1.807) is 0 Å². The molecule has 0 amide bonds. The molecule has 37 heavy (non-hydrogen) atoms. The van der Waals surface area contributed by atoms with Gasteiger partial charge in [-0.05, 0) is 73.3 Å². The molecule has 1 atom stereocenters. The second-order valence-electron chi connectivity index (χ2n) is 11.8. The van der Waals surface area contributed by atoms with E-state index in [2.05, 4.69) is 96.4 Å². The average Bonchev–Trinajstić information content (AvgIpc) is 3.30. The summed E-state index contributed by atoms with van der Waals surface area (Å²) in [6.07, 6.45) is 8.32. The second kappa shape index (κ2) is 12.6. The summed E-state index contributed by atoms with van der Waals surface area (Å²) in [4.78, 5) is 17.4. The van der Waals surface area contributed by atoms with E-state index in [4.69, 9.17) is 9.72 Å². The van der Waals surface area contributed by atoms with Gasteiger partial charge in [0.1, 0.15) is 17.4 Å². The van der Waals surface area contributed by atoms with Crippen LogP contribution >= 0.6 is 0 Å². The Bertz CT molecular complexity index is 1160. The highest BCUT2D eigenvalue weighted by molar-refractivity contribution is 5.80. The maximum Gasteiger partial charge on any atom is 0.144 e. The van der Waals surface area contributed by atoms with Crippen molar-refractivity contribution in [3.8, 4) is 22.8 Å². The van der Waals surface area contributed by atoms with Crippen molar-refractivity contribution < 1.29 is 9.53 Å². The predicted molar refractivity (Wildman–Crippen MR) is 155 cm³/mol. The molecule has 0 fully saturated rings. The Balaban J connectivity index is 1.72. The number of ketones is 1. The van der Waals surface area contributed by atoms with Crippen LogP contribution in [0.2, 0.25) is 0 Å². The molecule has 1 unspecified atom stereocenters. The summed E-state index contributed by atoms with van der Waals surface area (Å²) in [6, 6.07) is 12.7. The van der Waals surface area contributed by atoms with Crippen molar-refractivity contribution in [1.29, 1.82) is 0 Å². The Morgan fingerprint density at radius 2 is 1.73 bits per heavy atom. The summed E-state index contributed by atoms with van der Waals surface area (Å²) in [7, 11) is 0. The van der Waals surface area contributed by atoms with E-state index in [0.717, 1.165) is 59.6 Å². The zero-order valence-electron chi connectivity index (χ0n) is 24.2. The topological polar surface area (TPSA) is 44.1 Å². The number of rotatable bonds is 12. The van der Waals surface area contributed by atoms with Crippen molar-refractivity contribution in [2.75, 3.05) is 6.61 Å². The molecule has 1 aromatic heterocycles. The lowest BCUT2D eigenvalue weighted by atomic mass is 9.83. The summed E-state index contributed by atoms with van der Waals surface area (Å²) in [6.45, 7) is 18.1. The number of imidazole rings is 1. The van der Waals surface area contributed by atoms with Gasteiger partial charge in [-0.1, -0.05) is 72.2 Å². The third-order valence-electron chi connectivity index (χ3n) is 7.20. The van der Waals surface area contributed by atoms with E-state index in [9.17, 15) is 4.79 Å². The van der Waals surface area contributed by atoms with Gasteiger partial charge in [-0.2, -0.15) is 0 Å². The molecule has 0 aliphatic rings. The zero-order chi connectivity index (χ0) is 27.2. The molecule has 1 heterocycles. The van der Waals surface area contributed by atoms with Gasteiger partial charge in [0.25, 0.3) is 0 Å². The van der Waals surface area contributed by atoms with Crippen LogP contribution in [0.5, 0.6) is 5.75 Å². The molecule has 0 N–H and O–H groups in total. The second-order valence-corrected chi connectivity index (χ2v) is 11.8. The van der Waals surface area contributed by atoms with Crippen LogP contribution in [-0.4, -0.2) is 21.9 Å². The number of benzene rings is 2. The minimum absolute atomic E-state index is 0.0160. The number of Topliss-reactive ketones (excluding diaryl/α,β-unsaturated/α-hetero) is 1. The van der Waals surface area contributed by atoms with Crippen LogP contribution in [-0.2, 0) is 10.2 Å². The molecule has 0 bridgehead atoms. The summed E-state index contributed by atoms with van der Waals surface area (Å²) >= 11 is 0. The minimum Gasteiger partial charge on any atom is -0.494 e. The van der Waals surface area contributed by atoms with E-state index in [-0.39, 0.29) is 11.3 Å². The van der Waals surface area contributed by atoms with Crippen LogP contribution < -0.4 is 4.74 Å². The van der Waals surface area contributed by atoms with Gasteiger partial charge in [0.2, 0.25) is 0 Å². The van der Waals surface area contributed by atoms with Crippen molar-refractivity contribution in [3.63, 3.8) is 0 Å². The van der Waals surface area contributed by atoms with E-state index in [1.807, 2.05) is 12.4 Å². The van der Waals surface area contributed by atoms with Crippen molar-refractivity contribution in [2.24, 2.45) is 11.8 Å². The SMILES string of the molecule is CCC(CCC(C)C)C(=O)CCCOc1cc(C)c(-n2ccnc2-c2ccccc2C(C)(C)C)c(C)c1. The van der Waals surface area contributed by atoms with Gasteiger partial charge in [-0.3, -0.25) is 9.36 Å². The third kappa shape index (κ3) is 7.34. The van der Waals surface area contributed by atoms with Gasteiger partial charge in [0, 0.05) is 30.3 Å². The van der Waals surface area contributed by atoms with Crippen molar-refractivity contribution >= 4 is 5.78 Å². The lowest BCUT2D eigenvalue weighted by Crippen LogP contribution is -2.15. The highest BCUT2D eigenvalue weighted by atomic mass is 16.5. The predicted octanol–water partition coefficient (Wildman–Crippen LogP) is 8.64. The van der Waals surface area contributed by atoms with Crippen LogP contribution in [0, 0.1) is 25.7 Å². The Hall–Kier alpha value is -2.88. The first-order valence-electron chi connectivity index (χ1n) is 13.9. The molecule has 0 radical (unpaired) electrons. The molecule has 0 spiro atoms. The molecule has 3 rings (SSSR count). The first-order valence-corrected chi connectivity index (χ1v) is 13.9. The molecule has 0 aliphatic heterocycles. The summed E-state index contributed by atoms with van der Waals surface area (Å²) in [5, 5.41) is 0. The maximum atomic E-state index is 12.7. The molecule has 4 nitrogen and oxygen atoms in total. The maximum absolute atomic E-state index is 12.7. The number of carbonyl (C=O) groups excluding carboxylic acids is 1. The quantitative estimate of drug-likeness (QED) is 0.233. The Morgan fingerprint density at radius 1 is 1.05 bits per heavy atom. The minimum atomic E-state index is 0.0160. The smallest absolute Gasteiger partial charge is 0.144 e. The molecule has 2 aromatic carbocycles. The average molecular weight is 503 g/mol. The standard InChI is InChI=1S/C33H46N2O2/c1-9-26(17-16-23(2)3)30(36)15-12-20-37-27-21-24(4)31(25(5)22-27)35-19-18-34-32(35)28-13-10-11-14-29(28)33(6,7)8/h10-11,13-14,18-19,21-23,26H,9,12,15-17,20H2,1-8H3. The molecule has 4 heteroatoms. The van der Waals surface area contributed by atoms with E-state index < -0.39 is 0 Å². The molecular formula is C33H46N2O2. The summed E-state index contributed by atoms with van der Waals surface area (Å²) in [5.74, 6) is 3.03. The fraction of sp³-hybridized carbons (Fsp3) is 0.515. The number of nitrogens with zero attached hydrogens (tertiary/aromatic N) is 2. The highest BCUT2D eigenvalue weighted by Crippen LogP contribution is 2.35. The molecule has 0 saturated heterocycles. The monoisotopic (exact) mass is 502 g/mol. The van der Waals surface area contributed by atoms with Crippen LogP contribution in [0.1, 0.15) is 90.3 Å². The van der Waals surface area contributed by atoms with Crippen LogP contribution in [0.15, 0.2) is 48.8 Å². The Labute approximate surface area is 224 Å². The van der Waals surface area contributed by atoms with Crippen LogP contribution in [0.3, 0.4) is 0 Å². The normalized spacial score (nSPS) is 12.7. The third-order valence-corrected chi connectivity index (χ3v) is 7.20. The van der Waals surface area contributed by atoms with E-state index in [0.29, 0.717) is 24.7 Å². The molecule has 0 aliphatic carbocycles. The number of aromatic nitrogens is 2. The highest BCUT2D eigenvalue weighted by Gasteiger charge is 2.22. The van der Waals surface area contributed by atoms with Gasteiger partial charge in [0.15, 0.2) is 0 Å². The Kier molecular flexibility index (Phi) is 9.75. The number of aryl methyl sites for hydroxylation is 2. The van der Waals surface area contributed by atoms with Gasteiger partial charge < -0.3 is 4.74 Å². The first-order chi connectivity index (χ1) is 17.5. The van der Waals surface area contributed by atoms with Crippen molar-refractivity contribution in [2.45, 2.75) is 92.9 Å². The summed E-state index contributed by atoms with van der Waals surface area (Å²) in [5.41, 5.74) is 5.86. The number of hydrogen-bond donors (Lipinski definition) is 0. The number of carbonyl (C=O) groups is 1. The molecule has 3 aromatic rings. The fourth-order valence-corrected chi connectivity index (χ4v) is 5.16. The lowest BCUT2D eigenvalue weighted by Gasteiger charge is -2.23. The molecule has 0 saturated carbocycles. The van der Waals surface area contributed by atoms with Crippen LogP contribution in [0.4, 0.5) is 0 Å². The summed E-state index contributed by atoms with van der Waals surface area (Å²) < 4.78 is 8.30. The first kappa shape index (κ1) is 28.7. The van der Waals surface area contributed by atoms with Gasteiger partial charge >= 0.3 is 0 Å². The molecular weight excluding hydrogens is 456 g/mol. The van der Waals surface area contributed by atoms with Crippen LogP contribution in [0.25, 0.3) is 17.1 Å². The Morgan fingerprint density at radius 3 is 2.35 bits per heavy atom. The largest absolute Gasteiger partial charge is 0.494 e. The number of ether oxygens (including phenoxy) is 1. The zero-order valence-corrected chi connectivity index (χ0v) is 24.2. The van der Waals surface area contributed by atoms with Gasteiger partial charge in [-0.25, -0.2) is 4.98 Å². The molecule has 200 valence electrons. The fourth-order valence-electron chi connectivity index (χ4n) is 5.16. The van der Waals surface area contributed by atoms with Crippen molar-refractivity contribution in [3.05, 3.63) is 65.5 Å². The van der Waals surface area contributed by atoms with E-state index in [1.165, 1.54) is 5.56 Å². The van der Waals surface area contributed by atoms with E-state index >= 15 is 0 Å². The van der Waals surface area contributed by atoms with Gasteiger partial charge in [0.05, 0.1) is 12.3 Å². The number of hydrogen-bond acceptors (Lipinski definition) is 3. The lowest BCUT2D eigenvalue weighted by molar-refractivity contribution is -0.123. The van der Waals surface area contributed by atoms with Gasteiger partial charge in [-0.15, -0.1) is 0 Å². The van der Waals surface area contributed by atoms with Crippen molar-refractivity contribution in [1.82, 2.24) is 9.55 Å².